The van der Waals surface area contributed by atoms with Crippen molar-refractivity contribution in [3.05, 3.63) is 83.9 Å². The number of para-hydroxylation sites is 2. The molecule has 0 N–H and O–H groups in total. The summed E-state index contributed by atoms with van der Waals surface area (Å²) < 4.78 is 33.6. The van der Waals surface area contributed by atoms with Crippen molar-refractivity contribution < 1.29 is 17.9 Å². The second-order valence-corrected chi connectivity index (χ2v) is 9.60. The number of ether oxygens (including phenoxy) is 1. The molecule has 0 radical (unpaired) electrons. The summed E-state index contributed by atoms with van der Waals surface area (Å²) in [7, 11) is -3.67. The summed E-state index contributed by atoms with van der Waals surface area (Å²) in [6.45, 7) is 2.80. The zero-order valence-corrected chi connectivity index (χ0v) is 17.9. The summed E-state index contributed by atoms with van der Waals surface area (Å²) >= 11 is 0. The molecular formula is C24H22N2O4S. The van der Waals surface area contributed by atoms with E-state index in [4.69, 9.17) is 4.74 Å². The van der Waals surface area contributed by atoms with Gasteiger partial charge in [-0.1, -0.05) is 30.3 Å². The van der Waals surface area contributed by atoms with E-state index in [1.165, 1.54) is 4.31 Å². The number of nitrogens with zero attached hydrogens (tertiary/aromatic N) is 2. The van der Waals surface area contributed by atoms with Crippen LogP contribution in [0.2, 0.25) is 0 Å². The predicted octanol–water partition coefficient (Wildman–Crippen LogP) is 3.87. The SMILES string of the molecule is C[C@@H]1Cc2cc(C(=O)N3CCOc4ccccc43)ccc2N1S(=O)(=O)c1ccccc1. The van der Waals surface area contributed by atoms with Crippen LogP contribution in [-0.4, -0.2) is 33.5 Å². The van der Waals surface area contributed by atoms with Crippen LogP contribution in [0.5, 0.6) is 5.75 Å². The number of amides is 1. The van der Waals surface area contributed by atoms with E-state index in [0.29, 0.717) is 36.6 Å². The zero-order chi connectivity index (χ0) is 21.6. The monoisotopic (exact) mass is 434 g/mol. The number of carbonyl (C=O) groups is 1. The molecule has 2 aliphatic rings. The number of hydrogen-bond acceptors (Lipinski definition) is 4. The van der Waals surface area contributed by atoms with E-state index in [9.17, 15) is 13.2 Å². The molecule has 2 heterocycles. The summed E-state index contributed by atoms with van der Waals surface area (Å²) in [6, 6.07) is 21.0. The predicted molar refractivity (Wildman–Crippen MR) is 119 cm³/mol. The van der Waals surface area contributed by atoms with E-state index in [1.807, 2.05) is 37.3 Å². The second kappa shape index (κ2) is 7.42. The van der Waals surface area contributed by atoms with Gasteiger partial charge >= 0.3 is 0 Å². The molecular weight excluding hydrogens is 412 g/mol. The lowest BCUT2D eigenvalue weighted by Gasteiger charge is -2.29. The van der Waals surface area contributed by atoms with Gasteiger partial charge in [0.05, 0.1) is 22.8 Å². The van der Waals surface area contributed by atoms with E-state index in [-0.39, 0.29) is 16.8 Å². The molecule has 0 saturated carbocycles. The minimum atomic E-state index is -3.67. The van der Waals surface area contributed by atoms with E-state index < -0.39 is 10.0 Å². The van der Waals surface area contributed by atoms with Crippen molar-refractivity contribution in [3.8, 4) is 5.75 Å². The van der Waals surface area contributed by atoms with Crippen molar-refractivity contribution >= 4 is 27.3 Å². The van der Waals surface area contributed by atoms with Gasteiger partial charge in [0, 0.05) is 11.6 Å². The average Bonchev–Trinajstić information content (AvgIpc) is 3.14. The maximum absolute atomic E-state index is 13.3. The molecule has 0 aromatic heterocycles. The highest BCUT2D eigenvalue weighted by molar-refractivity contribution is 7.92. The third-order valence-electron chi connectivity index (χ3n) is 5.75. The molecule has 1 atom stereocenters. The Hall–Kier alpha value is -3.32. The number of sulfonamides is 1. The second-order valence-electron chi connectivity index (χ2n) is 7.78. The molecule has 6 nitrogen and oxygen atoms in total. The van der Waals surface area contributed by atoms with Gasteiger partial charge in [0.25, 0.3) is 15.9 Å². The van der Waals surface area contributed by atoms with Crippen LogP contribution in [0.3, 0.4) is 0 Å². The molecule has 3 aromatic carbocycles. The van der Waals surface area contributed by atoms with Crippen LogP contribution in [0.1, 0.15) is 22.8 Å². The molecule has 1 amide bonds. The Morgan fingerprint density at radius 3 is 2.52 bits per heavy atom. The minimum absolute atomic E-state index is 0.115. The molecule has 0 spiro atoms. The molecule has 7 heteroatoms. The molecule has 2 aliphatic heterocycles. The first-order chi connectivity index (χ1) is 15.0. The van der Waals surface area contributed by atoms with Gasteiger partial charge < -0.3 is 9.64 Å². The van der Waals surface area contributed by atoms with Crippen LogP contribution >= 0.6 is 0 Å². The summed E-state index contributed by atoms with van der Waals surface area (Å²) in [4.78, 5) is 15.3. The summed E-state index contributed by atoms with van der Waals surface area (Å²) in [6.07, 6.45) is 0.558. The molecule has 0 bridgehead atoms. The van der Waals surface area contributed by atoms with Gasteiger partial charge in [-0.3, -0.25) is 9.10 Å². The number of rotatable bonds is 3. The highest BCUT2D eigenvalue weighted by Gasteiger charge is 2.36. The third kappa shape index (κ3) is 3.25. The molecule has 0 fully saturated rings. The Morgan fingerprint density at radius 1 is 0.968 bits per heavy atom. The van der Waals surface area contributed by atoms with Crippen molar-refractivity contribution in [3.63, 3.8) is 0 Å². The highest BCUT2D eigenvalue weighted by atomic mass is 32.2. The Labute approximate surface area is 181 Å². The number of carbonyl (C=O) groups excluding carboxylic acids is 1. The van der Waals surface area contributed by atoms with Gasteiger partial charge in [0.2, 0.25) is 0 Å². The van der Waals surface area contributed by atoms with Crippen LogP contribution in [0.25, 0.3) is 0 Å². The Balaban J connectivity index is 1.49. The largest absolute Gasteiger partial charge is 0.490 e. The normalized spacial score (nSPS) is 17.6. The molecule has 3 aromatic rings. The number of benzene rings is 3. The van der Waals surface area contributed by atoms with Gasteiger partial charge in [-0.2, -0.15) is 0 Å². The Bertz CT molecular complexity index is 1260. The maximum atomic E-state index is 13.3. The lowest BCUT2D eigenvalue weighted by molar-refractivity contribution is 0.0976. The summed E-state index contributed by atoms with van der Waals surface area (Å²) in [5.41, 5.74) is 2.79. The van der Waals surface area contributed by atoms with Gasteiger partial charge in [0.15, 0.2) is 0 Å². The van der Waals surface area contributed by atoms with Crippen LogP contribution in [0.15, 0.2) is 77.7 Å². The first kappa shape index (κ1) is 19.6. The van der Waals surface area contributed by atoms with Gasteiger partial charge in [-0.25, -0.2) is 8.42 Å². The average molecular weight is 435 g/mol. The van der Waals surface area contributed by atoms with Gasteiger partial charge in [0.1, 0.15) is 12.4 Å². The van der Waals surface area contributed by atoms with Crippen molar-refractivity contribution in [1.29, 1.82) is 0 Å². The first-order valence-electron chi connectivity index (χ1n) is 10.2. The molecule has 0 aliphatic carbocycles. The van der Waals surface area contributed by atoms with Crippen LogP contribution in [-0.2, 0) is 16.4 Å². The number of hydrogen-bond donors (Lipinski definition) is 0. The van der Waals surface area contributed by atoms with E-state index in [1.54, 1.807) is 47.4 Å². The van der Waals surface area contributed by atoms with Gasteiger partial charge in [-0.15, -0.1) is 0 Å². The molecule has 158 valence electrons. The maximum Gasteiger partial charge on any atom is 0.264 e. The number of fused-ring (bicyclic) bond motifs is 2. The van der Waals surface area contributed by atoms with Crippen LogP contribution in [0, 0.1) is 0 Å². The smallest absolute Gasteiger partial charge is 0.264 e. The van der Waals surface area contributed by atoms with Crippen molar-refractivity contribution in [2.24, 2.45) is 0 Å². The van der Waals surface area contributed by atoms with Crippen LogP contribution in [0.4, 0.5) is 11.4 Å². The number of anilines is 2. The van der Waals surface area contributed by atoms with Crippen LogP contribution < -0.4 is 13.9 Å². The van der Waals surface area contributed by atoms with E-state index in [2.05, 4.69) is 0 Å². The fraction of sp³-hybridized carbons (Fsp3) is 0.208. The quantitative estimate of drug-likeness (QED) is 0.628. The lowest BCUT2D eigenvalue weighted by atomic mass is 10.1. The van der Waals surface area contributed by atoms with Gasteiger partial charge in [-0.05, 0) is 61.4 Å². The Kier molecular flexibility index (Phi) is 4.70. The first-order valence-corrected chi connectivity index (χ1v) is 11.7. The zero-order valence-electron chi connectivity index (χ0n) is 17.1. The minimum Gasteiger partial charge on any atom is -0.490 e. The van der Waals surface area contributed by atoms with Crippen molar-refractivity contribution in [1.82, 2.24) is 0 Å². The topological polar surface area (TPSA) is 66.9 Å². The molecule has 0 unspecified atom stereocenters. The fourth-order valence-electron chi connectivity index (χ4n) is 4.34. The standard InChI is InChI=1S/C24H22N2O4S/c1-17-15-19-16-18(24(27)25-13-14-30-23-10-6-5-9-22(23)25)11-12-21(19)26(17)31(28,29)20-7-3-2-4-8-20/h2-12,16-17H,13-15H2,1H3/t17-/m1/s1. The third-order valence-corrected chi connectivity index (χ3v) is 7.70. The summed E-state index contributed by atoms with van der Waals surface area (Å²) in [5.74, 6) is 0.576. The van der Waals surface area contributed by atoms with Crippen molar-refractivity contribution in [2.45, 2.75) is 24.3 Å². The lowest BCUT2D eigenvalue weighted by Crippen LogP contribution is -2.38. The van der Waals surface area contributed by atoms with E-state index in [0.717, 1.165) is 11.3 Å². The fourth-order valence-corrected chi connectivity index (χ4v) is 6.06. The van der Waals surface area contributed by atoms with Crippen molar-refractivity contribution in [2.75, 3.05) is 22.4 Å². The highest BCUT2D eigenvalue weighted by Crippen LogP contribution is 2.38. The molecule has 0 saturated heterocycles. The molecule has 5 rings (SSSR count). The molecule has 31 heavy (non-hydrogen) atoms. The van der Waals surface area contributed by atoms with E-state index >= 15 is 0 Å². The summed E-state index contributed by atoms with van der Waals surface area (Å²) in [5, 5.41) is 0. The Morgan fingerprint density at radius 2 is 1.71 bits per heavy atom.